The minimum absolute atomic E-state index is 0.0924. The van der Waals surface area contributed by atoms with Crippen molar-refractivity contribution in [3.63, 3.8) is 0 Å². The molecule has 0 bridgehead atoms. The molecule has 160 valence electrons. The van der Waals surface area contributed by atoms with Crippen molar-refractivity contribution in [2.75, 3.05) is 6.54 Å². The van der Waals surface area contributed by atoms with Crippen LogP contribution in [0.25, 0.3) is 0 Å². The van der Waals surface area contributed by atoms with Crippen LogP contribution in [0, 0.1) is 10.1 Å². The Labute approximate surface area is 174 Å². The summed E-state index contributed by atoms with van der Waals surface area (Å²) >= 11 is 0. The maximum Gasteiger partial charge on any atom is 0.513 e. The number of nitro groups is 1. The Morgan fingerprint density at radius 1 is 1.10 bits per heavy atom. The molecule has 0 aliphatic heterocycles. The first-order chi connectivity index (χ1) is 14.2. The van der Waals surface area contributed by atoms with Crippen molar-refractivity contribution in [2.45, 2.75) is 39.2 Å². The van der Waals surface area contributed by atoms with Crippen molar-refractivity contribution in [1.29, 1.82) is 0 Å². The maximum atomic E-state index is 13.4. The second kappa shape index (κ2) is 9.28. The Morgan fingerprint density at radius 2 is 1.73 bits per heavy atom. The number of rotatable bonds is 9. The Hall–Kier alpha value is -2.90. The fraction of sp³-hybridized carbons (Fsp3) is 0.350. The van der Waals surface area contributed by atoms with E-state index in [1.54, 1.807) is 19.9 Å². The highest BCUT2D eigenvalue weighted by molar-refractivity contribution is 7.52. The topological polar surface area (TPSA) is 117 Å². The number of carbonyl (C=O) groups excluding carboxylic acids is 1. The zero-order chi connectivity index (χ0) is 21.7. The average Bonchev–Trinajstić information content (AvgIpc) is 3.14. The summed E-state index contributed by atoms with van der Waals surface area (Å²) in [7, 11) is -4.05. The SMILES string of the molecule is CC(C)OC(=O)CNP(=O)(Oc1ccc([N+](=O)[O-])cc1)Oc1ccc2c(c1)CCC2. The average molecular weight is 434 g/mol. The van der Waals surface area contributed by atoms with Crippen molar-refractivity contribution >= 4 is 19.4 Å². The molecule has 1 aliphatic rings. The quantitative estimate of drug-likeness (QED) is 0.270. The molecule has 1 aliphatic carbocycles. The van der Waals surface area contributed by atoms with Crippen molar-refractivity contribution in [3.8, 4) is 11.5 Å². The second-order valence-electron chi connectivity index (χ2n) is 7.09. The number of carbonyl (C=O) groups is 1. The minimum atomic E-state index is -4.05. The zero-order valence-electron chi connectivity index (χ0n) is 16.7. The summed E-state index contributed by atoms with van der Waals surface area (Å²) in [6, 6.07) is 10.5. The molecular weight excluding hydrogens is 411 g/mol. The van der Waals surface area contributed by atoms with Crippen LogP contribution in [0.2, 0.25) is 0 Å². The van der Waals surface area contributed by atoms with Crippen LogP contribution in [-0.2, 0) is 26.9 Å². The maximum absolute atomic E-state index is 13.4. The zero-order valence-corrected chi connectivity index (χ0v) is 17.6. The van der Waals surface area contributed by atoms with E-state index in [0.29, 0.717) is 5.75 Å². The van der Waals surface area contributed by atoms with Gasteiger partial charge in [0.1, 0.15) is 18.0 Å². The molecule has 0 aromatic heterocycles. The van der Waals surface area contributed by atoms with Gasteiger partial charge in [0.2, 0.25) is 0 Å². The highest BCUT2D eigenvalue weighted by Gasteiger charge is 2.30. The van der Waals surface area contributed by atoms with Gasteiger partial charge in [0.05, 0.1) is 11.0 Å². The first-order valence-electron chi connectivity index (χ1n) is 9.54. The fourth-order valence-corrected chi connectivity index (χ4v) is 4.34. The summed E-state index contributed by atoms with van der Waals surface area (Å²) in [5.41, 5.74) is 2.21. The molecule has 9 nitrogen and oxygen atoms in total. The van der Waals surface area contributed by atoms with Gasteiger partial charge in [-0.15, -0.1) is 0 Å². The summed E-state index contributed by atoms with van der Waals surface area (Å²) in [6.07, 6.45) is 2.63. The third kappa shape index (κ3) is 5.81. The van der Waals surface area contributed by atoms with E-state index in [9.17, 15) is 19.5 Å². The van der Waals surface area contributed by atoms with Crippen LogP contribution in [0.4, 0.5) is 5.69 Å². The van der Waals surface area contributed by atoms with Gasteiger partial charge >= 0.3 is 13.7 Å². The van der Waals surface area contributed by atoms with E-state index < -0.39 is 25.2 Å². The Morgan fingerprint density at radius 3 is 2.40 bits per heavy atom. The van der Waals surface area contributed by atoms with Gasteiger partial charge in [-0.05, 0) is 68.5 Å². The van der Waals surface area contributed by atoms with E-state index in [0.717, 1.165) is 24.8 Å². The number of nitrogens with one attached hydrogen (secondary N) is 1. The smallest absolute Gasteiger partial charge is 0.462 e. The van der Waals surface area contributed by atoms with Gasteiger partial charge in [-0.3, -0.25) is 14.9 Å². The van der Waals surface area contributed by atoms with Gasteiger partial charge in [0.25, 0.3) is 5.69 Å². The Kier molecular flexibility index (Phi) is 6.74. The number of hydrogen-bond acceptors (Lipinski definition) is 7. The van der Waals surface area contributed by atoms with Crippen LogP contribution in [0.3, 0.4) is 0 Å². The molecule has 0 spiro atoms. The third-order valence-corrected chi connectivity index (χ3v) is 5.80. The highest BCUT2D eigenvalue weighted by Crippen LogP contribution is 2.45. The molecule has 0 amide bonds. The van der Waals surface area contributed by atoms with Gasteiger partial charge in [-0.1, -0.05) is 6.07 Å². The van der Waals surface area contributed by atoms with Crippen molar-refractivity contribution < 1.29 is 28.1 Å². The molecule has 3 rings (SSSR count). The van der Waals surface area contributed by atoms with Crippen LogP contribution in [0.1, 0.15) is 31.4 Å². The first-order valence-corrected chi connectivity index (χ1v) is 11.1. The van der Waals surface area contributed by atoms with E-state index in [2.05, 4.69) is 5.09 Å². The number of ether oxygens (including phenoxy) is 1. The van der Waals surface area contributed by atoms with Crippen molar-refractivity contribution in [2.24, 2.45) is 0 Å². The van der Waals surface area contributed by atoms with Crippen LogP contribution >= 0.6 is 7.75 Å². The lowest BCUT2D eigenvalue weighted by molar-refractivity contribution is -0.384. The molecule has 1 atom stereocenters. The standard InChI is InChI=1S/C20H23N2O7P/c1-14(2)27-20(23)13-21-30(26,28-18-10-7-17(8-11-18)22(24)25)29-19-9-6-15-4-3-5-16(15)12-19/h6-12,14H,3-5,13H2,1-2H3,(H,21,26). The molecule has 2 aromatic rings. The second-order valence-corrected chi connectivity index (χ2v) is 8.76. The fourth-order valence-electron chi connectivity index (χ4n) is 3.06. The molecule has 30 heavy (non-hydrogen) atoms. The largest absolute Gasteiger partial charge is 0.513 e. The Balaban J connectivity index is 1.79. The molecule has 0 fully saturated rings. The lowest BCUT2D eigenvalue weighted by Gasteiger charge is -2.21. The van der Waals surface area contributed by atoms with Gasteiger partial charge < -0.3 is 13.8 Å². The summed E-state index contributed by atoms with van der Waals surface area (Å²) in [5.74, 6) is -0.185. The molecule has 1 unspecified atom stereocenters. The van der Waals surface area contributed by atoms with E-state index in [1.165, 1.54) is 29.8 Å². The molecule has 2 aromatic carbocycles. The van der Waals surface area contributed by atoms with E-state index >= 15 is 0 Å². The number of benzene rings is 2. The number of esters is 1. The van der Waals surface area contributed by atoms with Crippen LogP contribution in [-0.4, -0.2) is 23.5 Å². The predicted octanol–water partition coefficient (Wildman–Crippen LogP) is 4.19. The highest BCUT2D eigenvalue weighted by atomic mass is 31.2. The number of fused-ring (bicyclic) bond motifs is 1. The molecule has 0 heterocycles. The van der Waals surface area contributed by atoms with Crippen molar-refractivity contribution in [3.05, 3.63) is 63.7 Å². The van der Waals surface area contributed by atoms with Gasteiger partial charge in [-0.2, -0.15) is 5.09 Å². The van der Waals surface area contributed by atoms with E-state index in [1.807, 2.05) is 12.1 Å². The molecule has 0 saturated carbocycles. The van der Waals surface area contributed by atoms with Crippen LogP contribution < -0.4 is 14.1 Å². The molecule has 0 saturated heterocycles. The summed E-state index contributed by atoms with van der Waals surface area (Å²) in [4.78, 5) is 22.2. The number of nitro benzene ring substituents is 1. The van der Waals surface area contributed by atoms with Gasteiger partial charge in [-0.25, -0.2) is 4.57 Å². The lowest BCUT2D eigenvalue weighted by Crippen LogP contribution is -2.28. The lowest BCUT2D eigenvalue weighted by atomic mass is 10.1. The molecule has 1 N–H and O–H groups in total. The first kappa shape index (κ1) is 21.8. The van der Waals surface area contributed by atoms with E-state index in [4.69, 9.17) is 13.8 Å². The van der Waals surface area contributed by atoms with E-state index in [-0.39, 0.29) is 17.5 Å². The normalized spacial score (nSPS) is 14.6. The van der Waals surface area contributed by atoms with Gasteiger partial charge in [0, 0.05) is 12.1 Å². The number of aryl methyl sites for hydroxylation is 2. The number of hydrogen-bond donors (Lipinski definition) is 1. The summed E-state index contributed by atoms with van der Waals surface area (Å²) < 4.78 is 29.6. The van der Waals surface area contributed by atoms with Crippen LogP contribution in [0.15, 0.2) is 42.5 Å². The van der Waals surface area contributed by atoms with Gasteiger partial charge in [0.15, 0.2) is 0 Å². The third-order valence-electron chi connectivity index (χ3n) is 4.35. The number of non-ortho nitro benzene ring substituents is 1. The van der Waals surface area contributed by atoms with Crippen molar-refractivity contribution in [1.82, 2.24) is 5.09 Å². The molecular formula is C20H23N2O7P. The summed E-state index contributed by atoms with van der Waals surface area (Å²) in [6.45, 7) is 3.01. The Bertz CT molecular complexity index is 976. The predicted molar refractivity (Wildman–Crippen MR) is 110 cm³/mol. The molecule has 10 heteroatoms. The summed E-state index contributed by atoms with van der Waals surface area (Å²) in [5, 5.41) is 13.3. The minimum Gasteiger partial charge on any atom is -0.462 e. The monoisotopic (exact) mass is 434 g/mol. The number of nitrogens with zero attached hydrogens (tertiary/aromatic N) is 1. The molecule has 0 radical (unpaired) electrons. The van der Waals surface area contributed by atoms with Crippen LogP contribution in [0.5, 0.6) is 11.5 Å².